The van der Waals surface area contributed by atoms with E-state index in [-0.39, 0.29) is 5.41 Å². The second-order valence-corrected chi connectivity index (χ2v) is 7.33. The molecule has 1 atom stereocenters. The molecular formula is C17H26BrNO. The Kier molecular flexibility index (Phi) is 4.93. The van der Waals surface area contributed by atoms with E-state index in [4.69, 9.17) is 5.73 Å². The lowest BCUT2D eigenvalue weighted by Gasteiger charge is -2.49. The number of hydrogen-bond acceptors (Lipinski definition) is 2. The summed E-state index contributed by atoms with van der Waals surface area (Å²) in [6.07, 6.45) is 5.64. The van der Waals surface area contributed by atoms with Crippen molar-refractivity contribution in [2.75, 3.05) is 6.54 Å². The van der Waals surface area contributed by atoms with Crippen molar-refractivity contribution in [3.8, 4) is 0 Å². The number of benzene rings is 1. The van der Waals surface area contributed by atoms with Gasteiger partial charge in [0.15, 0.2) is 0 Å². The van der Waals surface area contributed by atoms with Crippen LogP contribution in [0.15, 0.2) is 28.7 Å². The van der Waals surface area contributed by atoms with Gasteiger partial charge >= 0.3 is 0 Å². The van der Waals surface area contributed by atoms with E-state index < -0.39 is 5.60 Å². The quantitative estimate of drug-likeness (QED) is 0.863. The minimum atomic E-state index is -0.860. The third kappa shape index (κ3) is 2.81. The Bertz CT molecular complexity index is 433. The molecule has 0 amide bonds. The summed E-state index contributed by atoms with van der Waals surface area (Å²) in [5, 5.41) is 11.2. The molecule has 1 fully saturated rings. The highest BCUT2D eigenvalue weighted by molar-refractivity contribution is 9.10. The second kappa shape index (κ2) is 6.17. The van der Waals surface area contributed by atoms with Crippen LogP contribution in [0.5, 0.6) is 0 Å². The molecule has 1 aliphatic rings. The maximum Gasteiger partial charge on any atom is 0.0936 e. The van der Waals surface area contributed by atoms with E-state index in [1.165, 1.54) is 19.3 Å². The van der Waals surface area contributed by atoms with Crippen LogP contribution >= 0.6 is 15.9 Å². The highest BCUT2D eigenvalue weighted by Gasteiger charge is 2.48. The first-order valence-corrected chi connectivity index (χ1v) is 8.43. The predicted octanol–water partition coefficient (Wildman–Crippen LogP) is 4.20. The maximum atomic E-state index is 11.2. The van der Waals surface area contributed by atoms with Crippen LogP contribution in [0.2, 0.25) is 0 Å². The molecule has 1 aliphatic carbocycles. The van der Waals surface area contributed by atoms with E-state index >= 15 is 0 Å². The molecule has 1 unspecified atom stereocenters. The summed E-state index contributed by atoms with van der Waals surface area (Å²) in [7, 11) is 0. The molecule has 2 rings (SSSR count). The molecule has 0 aromatic heterocycles. The zero-order chi connectivity index (χ0) is 14.8. The maximum absolute atomic E-state index is 11.2. The van der Waals surface area contributed by atoms with E-state index in [0.717, 1.165) is 28.8 Å². The van der Waals surface area contributed by atoms with Gasteiger partial charge in [0.2, 0.25) is 0 Å². The van der Waals surface area contributed by atoms with Crippen LogP contribution in [0.25, 0.3) is 0 Å². The monoisotopic (exact) mass is 339 g/mol. The molecule has 0 saturated heterocycles. The van der Waals surface area contributed by atoms with Gasteiger partial charge in [0.25, 0.3) is 0 Å². The normalized spacial score (nSPS) is 29.9. The Balaban J connectivity index is 2.27. The highest BCUT2D eigenvalue weighted by Crippen LogP contribution is 2.50. The molecule has 20 heavy (non-hydrogen) atoms. The average Bonchev–Trinajstić information content (AvgIpc) is 2.47. The molecule has 1 saturated carbocycles. The molecule has 2 nitrogen and oxygen atoms in total. The first-order chi connectivity index (χ1) is 9.45. The molecule has 0 spiro atoms. The zero-order valence-corrected chi connectivity index (χ0v) is 14.1. The van der Waals surface area contributed by atoms with Gasteiger partial charge in [-0.15, -0.1) is 0 Å². The van der Waals surface area contributed by atoms with Crippen molar-refractivity contribution in [3.63, 3.8) is 0 Å². The molecule has 0 bridgehead atoms. The number of aliphatic hydroxyl groups is 1. The summed E-state index contributed by atoms with van der Waals surface area (Å²) in [4.78, 5) is 0. The lowest BCUT2D eigenvalue weighted by molar-refractivity contribution is -0.0981. The van der Waals surface area contributed by atoms with Gasteiger partial charge in [-0.2, -0.15) is 0 Å². The minimum Gasteiger partial charge on any atom is -0.385 e. The molecule has 3 N–H and O–H groups in total. The van der Waals surface area contributed by atoms with Crippen molar-refractivity contribution in [3.05, 3.63) is 34.3 Å². The van der Waals surface area contributed by atoms with Gasteiger partial charge in [0.05, 0.1) is 5.60 Å². The van der Waals surface area contributed by atoms with Crippen molar-refractivity contribution in [2.45, 2.75) is 51.6 Å². The fraction of sp³-hybridized carbons (Fsp3) is 0.647. The van der Waals surface area contributed by atoms with Crippen LogP contribution in [0, 0.1) is 11.3 Å². The SMILES string of the molecule is CCC1CCC(CN)(C(C)(O)c2ccc(Br)cc2)CC1. The molecule has 1 aromatic carbocycles. The van der Waals surface area contributed by atoms with Gasteiger partial charge in [-0.3, -0.25) is 0 Å². The Morgan fingerprint density at radius 2 is 1.85 bits per heavy atom. The predicted molar refractivity (Wildman–Crippen MR) is 87.4 cm³/mol. The molecule has 112 valence electrons. The average molecular weight is 340 g/mol. The van der Waals surface area contributed by atoms with Crippen LogP contribution in [0.4, 0.5) is 0 Å². The van der Waals surface area contributed by atoms with Crippen molar-refractivity contribution in [1.29, 1.82) is 0 Å². The van der Waals surface area contributed by atoms with E-state index in [9.17, 15) is 5.11 Å². The van der Waals surface area contributed by atoms with Gasteiger partial charge in [-0.25, -0.2) is 0 Å². The molecule has 3 heteroatoms. The molecule has 0 heterocycles. The van der Waals surface area contributed by atoms with E-state index in [1.54, 1.807) is 0 Å². The summed E-state index contributed by atoms with van der Waals surface area (Å²) >= 11 is 3.45. The standard InChI is InChI=1S/C17H26BrNO/c1-3-13-8-10-17(12-19,11-9-13)16(2,20)14-4-6-15(18)7-5-14/h4-7,13,20H,3,8-12,19H2,1-2H3. The number of halogens is 1. The Labute approximate surface area is 130 Å². The third-order valence-corrected chi connectivity index (χ3v) is 6.00. The summed E-state index contributed by atoms with van der Waals surface area (Å²) in [5.41, 5.74) is 6.03. The van der Waals surface area contributed by atoms with E-state index in [2.05, 4.69) is 22.9 Å². The lowest BCUT2D eigenvalue weighted by Crippen LogP contribution is -2.50. The van der Waals surface area contributed by atoms with Crippen LogP contribution in [0.1, 0.15) is 51.5 Å². The highest BCUT2D eigenvalue weighted by atomic mass is 79.9. The fourth-order valence-corrected chi connectivity index (χ4v) is 3.87. The van der Waals surface area contributed by atoms with Gasteiger partial charge in [0, 0.05) is 16.4 Å². The Morgan fingerprint density at radius 1 is 1.30 bits per heavy atom. The third-order valence-electron chi connectivity index (χ3n) is 5.47. The summed E-state index contributed by atoms with van der Waals surface area (Å²) in [6.45, 7) is 4.74. The molecule has 0 aliphatic heterocycles. The number of hydrogen-bond donors (Lipinski definition) is 2. The largest absolute Gasteiger partial charge is 0.385 e. The zero-order valence-electron chi connectivity index (χ0n) is 12.5. The molecular weight excluding hydrogens is 314 g/mol. The van der Waals surface area contributed by atoms with Gasteiger partial charge in [-0.05, 0) is 56.2 Å². The van der Waals surface area contributed by atoms with E-state index in [0.29, 0.717) is 6.54 Å². The number of nitrogens with two attached hydrogens (primary N) is 1. The van der Waals surface area contributed by atoms with Crippen molar-refractivity contribution >= 4 is 15.9 Å². The molecule has 0 radical (unpaired) electrons. The van der Waals surface area contributed by atoms with Crippen molar-refractivity contribution in [2.24, 2.45) is 17.1 Å². The van der Waals surface area contributed by atoms with Gasteiger partial charge < -0.3 is 10.8 Å². The number of rotatable bonds is 4. The summed E-state index contributed by atoms with van der Waals surface area (Å²) in [6, 6.07) is 8.00. The minimum absolute atomic E-state index is 0.188. The smallest absolute Gasteiger partial charge is 0.0936 e. The Morgan fingerprint density at radius 3 is 2.30 bits per heavy atom. The first-order valence-electron chi connectivity index (χ1n) is 7.63. The van der Waals surface area contributed by atoms with Gasteiger partial charge in [0.1, 0.15) is 0 Å². The van der Waals surface area contributed by atoms with Gasteiger partial charge in [-0.1, -0.05) is 41.4 Å². The fourth-order valence-electron chi connectivity index (χ4n) is 3.61. The molecule has 1 aromatic rings. The first kappa shape index (κ1) is 16.0. The van der Waals surface area contributed by atoms with Crippen LogP contribution in [-0.2, 0) is 5.60 Å². The van der Waals surface area contributed by atoms with Crippen LogP contribution in [0.3, 0.4) is 0 Å². The topological polar surface area (TPSA) is 46.2 Å². The summed E-state index contributed by atoms with van der Waals surface area (Å²) in [5.74, 6) is 0.801. The van der Waals surface area contributed by atoms with Crippen molar-refractivity contribution in [1.82, 2.24) is 0 Å². The Hall–Kier alpha value is -0.380. The van der Waals surface area contributed by atoms with Crippen LogP contribution < -0.4 is 5.73 Å². The van der Waals surface area contributed by atoms with Crippen LogP contribution in [-0.4, -0.2) is 11.7 Å². The van der Waals surface area contributed by atoms with E-state index in [1.807, 2.05) is 31.2 Å². The lowest BCUT2D eigenvalue weighted by atomic mass is 9.59. The second-order valence-electron chi connectivity index (χ2n) is 6.42. The van der Waals surface area contributed by atoms with Crippen molar-refractivity contribution < 1.29 is 5.11 Å². The summed E-state index contributed by atoms with van der Waals surface area (Å²) < 4.78 is 1.04.